The Bertz CT molecular complexity index is 1170. The Morgan fingerprint density at radius 2 is 1.79 bits per heavy atom. The second-order valence-electron chi connectivity index (χ2n) is 8.78. The predicted molar refractivity (Wildman–Crippen MR) is 123 cm³/mol. The van der Waals surface area contributed by atoms with Crippen LogP contribution < -0.4 is 16.0 Å². The molecule has 0 aliphatic heterocycles. The topological polar surface area (TPSA) is 96.8 Å². The van der Waals surface area contributed by atoms with Crippen LogP contribution in [0.15, 0.2) is 18.3 Å². The number of aromatic nitrogens is 4. The van der Waals surface area contributed by atoms with Crippen molar-refractivity contribution in [3.05, 3.63) is 35.8 Å². The van der Waals surface area contributed by atoms with Crippen molar-refractivity contribution < 1.29 is 18.0 Å². The van der Waals surface area contributed by atoms with Gasteiger partial charge in [0.05, 0.1) is 6.20 Å². The van der Waals surface area contributed by atoms with Crippen LogP contribution in [0.4, 0.5) is 30.8 Å². The Labute approximate surface area is 195 Å². The fraction of sp³-hybridized carbons (Fsp3) is 0.478. The van der Waals surface area contributed by atoms with Crippen LogP contribution in [-0.4, -0.2) is 38.0 Å². The molecule has 11 heteroatoms. The molecule has 0 saturated heterocycles. The van der Waals surface area contributed by atoms with Gasteiger partial charge in [-0.25, -0.2) is 23.1 Å². The number of nitrogens with one attached hydrogen (secondary N) is 3. The highest BCUT2D eigenvalue weighted by molar-refractivity contribution is 5.79. The Kier molecular flexibility index (Phi) is 6.90. The van der Waals surface area contributed by atoms with Gasteiger partial charge in [-0.1, -0.05) is 0 Å². The Hall–Kier alpha value is -3.37. The Morgan fingerprint density at radius 3 is 2.41 bits per heavy atom. The highest BCUT2D eigenvalue weighted by Crippen LogP contribution is 2.37. The minimum absolute atomic E-state index is 0.0380. The summed E-state index contributed by atoms with van der Waals surface area (Å²) in [5, 5.41) is 8.72. The van der Waals surface area contributed by atoms with Crippen molar-refractivity contribution in [3.63, 3.8) is 0 Å². The van der Waals surface area contributed by atoms with Crippen LogP contribution >= 0.6 is 0 Å². The first-order valence-corrected chi connectivity index (χ1v) is 11.5. The lowest BCUT2D eigenvalue weighted by atomic mass is 9.85. The van der Waals surface area contributed by atoms with Gasteiger partial charge in [-0.05, 0) is 46.5 Å². The molecule has 1 amide bonds. The van der Waals surface area contributed by atoms with Crippen molar-refractivity contribution in [1.29, 1.82) is 0 Å². The van der Waals surface area contributed by atoms with E-state index in [2.05, 4.69) is 30.9 Å². The first-order chi connectivity index (χ1) is 16.3. The number of imidazole rings is 1. The highest BCUT2D eigenvalue weighted by Gasteiger charge is 2.30. The average molecular weight is 476 g/mol. The molecule has 2 heterocycles. The zero-order valence-electron chi connectivity index (χ0n) is 19.3. The number of hydrogen-bond acceptors (Lipinski definition) is 6. The SMILES string of the molecule is CCNC(=O)[C@H]1CC[C@@H](n2c(Nc3c(F)cc(F)cc3F)nc3cnc(NC(C)C)nc32)CC1. The van der Waals surface area contributed by atoms with Crippen molar-refractivity contribution in [2.45, 2.75) is 58.5 Å². The van der Waals surface area contributed by atoms with E-state index in [1.165, 1.54) is 0 Å². The summed E-state index contributed by atoms with van der Waals surface area (Å²) in [5.41, 5.74) is 0.457. The van der Waals surface area contributed by atoms with E-state index < -0.39 is 23.1 Å². The lowest BCUT2D eigenvalue weighted by molar-refractivity contribution is -0.126. The molecule has 0 bridgehead atoms. The van der Waals surface area contributed by atoms with Gasteiger partial charge in [-0.3, -0.25) is 9.36 Å². The van der Waals surface area contributed by atoms with Gasteiger partial charge < -0.3 is 16.0 Å². The number of amides is 1. The molecule has 1 fully saturated rings. The predicted octanol–water partition coefficient (Wildman–Crippen LogP) is 4.67. The molecule has 8 nitrogen and oxygen atoms in total. The van der Waals surface area contributed by atoms with E-state index in [1.54, 1.807) is 10.8 Å². The average Bonchev–Trinajstić information content (AvgIpc) is 3.13. The van der Waals surface area contributed by atoms with Gasteiger partial charge in [0.15, 0.2) is 17.3 Å². The number of anilines is 3. The lowest BCUT2D eigenvalue weighted by Gasteiger charge is -2.29. The van der Waals surface area contributed by atoms with Gasteiger partial charge in [-0.2, -0.15) is 4.98 Å². The maximum Gasteiger partial charge on any atom is 0.224 e. The van der Waals surface area contributed by atoms with E-state index in [-0.39, 0.29) is 29.9 Å². The monoisotopic (exact) mass is 475 g/mol. The van der Waals surface area contributed by atoms with Crippen LogP contribution in [0.25, 0.3) is 11.2 Å². The van der Waals surface area contributed by atoms with Crippen molar-refractivity contribution in [1.82, 2.24) is 24.8 Å². The Balaban J connectivity index is 1.72. The van der Waals surface area contributed by atoms with E-state index in [4.69, 9.17) is 0 Å². The van der Waals surface area contributed by atoms with E-state index >= 15 is 0 Å². The maximum atomic E-state index is 14.4. The Morgan fingerprint density at radius 1 is 1.12 bits per heavy atom. The van der Waals surface area contributed by atoms with Gasteiger partial charge in [0.25, 0.3) is 0 Å². The van der Waals surface area contributed by atoms with Gasteiger partial charge >= 0.3 is 0 Å². The molecular formula is C23H28F3N7O. The minimum Gasteiger partial charge on any atom is -0.356 e. The highest BCUT2D eigenvalue weighted by atomic mass is 19.1. The number of carbonyl (C=O) groups excluding carboxylic acids is 1. The van der Waals surface area contributed by atoms with Gasteiger partial charge in [-0.15, -0.1) is 0 Å². The van der Waals surface area contributed by atoms with Crippen molar-refractivity contribution in [2.24, 2.45) is 5.92 Å². The molecule has 1 saturated carbocycles. The second-order valence-corrected chi connectivity index (χ2v) is 8.78. The zero-order chi connectivity index (χ0) is 24.4. The van der Waals surface area contributed by atoms with Crippen molar-refractivity contribution >= 4 is 34.7 Å². The van der Waals surface area contributed by atoms with E-state index in [0.717, 1.165) is 0 Å². The quantitative estimate of drug-likeness (QED) is 0.459. The molecule has 1 aromatic carbocycles. The first-order valence-electron chi connectivity index (χ1n) is 11.5. The molecule has 3 N–H and O–H groups in total. The molecule has 182 valence electrons. The third-order valence-electron chi connectivity index (χ3n) is 5.88. The number of hydrogen-bond donors (Lipinski definition) is 3. The standard InChI is InChI=1S/C23H28F3N7O/c1-4-27-21(34)13-5-7-15(8-6-13)33-20-18(11-28-22(32-20)29-12(2)3)30-23(33)31-19-16(25)9-14(24)10-17(19)26/h9-13,15H,4-8H2,1-3H3,(H,27,34)(H,30,31)(H,28,29,32)/t13-,15+. The third kappa shape index (κ3) is 4.92. The summed E-state index contributed by atoms with van der Waals surface area (Å²) in [6, 6.07) is 1.22. The van der Waals surface area contributed by atoms with Crippen LogP contribution in [0.1, 0.15) is 52.5 Å². The van der Waals surface area contributed by atoms with Crippen molar-refractivity contribution in [3.8, 4) is 0 Å². The van der Waals surface area contributed by atoms with Crippen molar-refractivity contribution in [2.75, 3.05) is 17.2 Å². The lowest BCUT2D eigenvalue weighted by Crippen LogP contribution is -2.33. The van der Waals surface area contributed by atoms with Crippen LogP contribution in [0, 0.1) is 23.4 Å². The summed E-state index contributed by atoms with van der Waals surface area (Å²) < 4.78 is 44.0. The number of nitrogens with zero attached hydrogens (tertiary/aromatic N) is 4. The van der Waals surface area contributed by atoms with Crippen LogP contribution in [0.3, 0.4) is 0 Å². The van der Waals surface area contributed by atoms with Gasteiger partial charge in [0.1, 0.15) is 17.0 Å². The number of fused-ring (bicyclic) bond motifs is 1. The molecule has 0 unspecified atom stereocenters. The normalized spacial score (nSPS) is 18.3. The summed E-state index contributed by atoms with van der Waals surface area (Å²) in [6.07, 6.45) is 4.20. The molecule has 1 aliphatic carbocycles. The molecule has 4 rings (SSSR count). The first kappa shape index (κ1) is 23.8. The minimum atomic E-state index is -1.07. The number of rotatable bonds is 7. The van der Waals surface area contributed by atoms with Crippen LogP contribution in [0.2, 0.25) is 0 Å². The van der Waals surface area contributed by atoms with Crippen LogP contribution in [-0.2, 0) is 4.79 Å². The summed E-state index contributed by atoms with van der Waals surface area (Å²) in [5.74, 6) is -2.60. The van der Waals surface area contributed by atoms with Gasteiger partial charge in [0, 0.05) is 36.7 Å². The molecule has 2 aromatic heterocycles. The van der Waals surface area contributed by atoms with Gasteiger partial charge in [0.2, 0.25) is 17.8 Å². The number of carbonyl (C=O) groups is 1. The van der Waals surface area contributed by atoms with Crippen LogP contribution in [0.5, 0.6) is 0 Å². The summed E-state index contributed by atoms with van der Waals surface area (Å²) >= 11 is 0. The largest absolute Gasteiger partial charge is 0.356 e. The molecule has 1 aliphatic rings. The fourth-order valence-corrected chi connectivity index (χ4v) is 4.34. The molecule has 3 aromatic rings. The summed E-state index contributed by atoms with van der Waals surface area (Å²) in [7, 11) is 0. The zero-order valence-corrected chi connectivity index (χ0v) is 19.3. The molecular weight excluding hydrogens is 447 g/mol. The maximum absolute atomic E-state index is 14.4. The van der Waals surface area contributed by atoms with E-state index in [0.29, 0.717) is 61.5 Å². The fourth-order valence-electron chi connectivity index (χ4n) is 4.34. The van der Waals surface area contributed by atoms with E-state index in [1.807, 2.05) is 20.8 Å². The summed E-state index contributed by atoms with van der Waals surface area (Å²) in [4.78, 5) is 25.6. The second kappa shape index (κ2) is 9.86. The molecule has 0 radical (unpaired) electrons. The smallest absolute Gasteiger partial charge is 0.224 e. The summed E-state index contributed by atoms with van der Waals surface area (Å²) in [6.45, 7) is 6.38. The molecule has 0 spiro atoms. The van der Waals surface area contributed by atoms with E-state index in [9.17, 15) is 18.0 Å². The number of benzene rings is 1. The molecule has 34 heavy (non-hydrogen) atoms. The third-order valence-corrected chi connectivity index (χ3v) is 5.88. The number of halogens is 3. The molecule has 0 atom stereocenters.